The zero-order valence-corrected chi connectivity index (χ0v) is 20.5. The molecule has 12 nitrogen and oxygen atoms in total. The van der Waals surface area contributed by atoms with E-state index in [0.717, 1.165) is 0 Å². The van der Waals surface area contributed by atoms with Gasteiger partial charge in [-0.25, -0.2) is 0 Å². The second-order valence-electron chi connectivity index (χ2n) is 9.21. The Labute approximate surface area is 203 Å². The smallest absolute Gasteiger partial charge is 0.281 e. The molecule has 35 heavy (non-hydrogen) atoms. The highest BCUT2D eigenvalue weighted by molar-refractivity contribution is 6.03. The number of rotatable bonds is 6. The Kier molecular flexibility index (Phi) is 9.16. The zero-order chi connectivity index (χ0) is 26.5. The summed E-state index contributed by atoms with van der Waals surface area (Å²) in [7, 11) is 1.60. The molecule has 0 aromatic carbocycles. The van der Waals surface area contributed by atoms with Crippen LogP contribution in [0.4, 0.5) is 0 Å². The maximum Gasteiger partial charge on any atom is 0.281 e. The van der Waals surface area contributed by atoms with Gasteiger partial charge in [0.2, 0.25) is 17.6 Å². The van der Waals surface area contributed by atoms with Crippen molar-refractivity contribution in [1.82, 2.24) is 16.0 Å². The van der Waals surface area contributed by atoms with Crippen LogP contribution in [0.5, 0.6) is 0 Å². The fraction of sp³-hybridized carbons (Fsp3) is 0.609. The lowest BCUT2D eigenvalue weighted by molar-refractivity contribution is -0.658. The maximum absolute atomic E-state index is 13.3. The summed E-state index contributed by atoms with van der Waals surface area (Å²) in [6.07, 6.45) is 2.92. The van der Waals surface area contributed by atoms with Crippen LogP contribution in [0.2, 0.25) is 0 Å². The average molecular weight is 495 g/mol. The van der Waals surface area contributed by atoms with E-state index in [1.807, 2.05) is 0 Å². The van der Waals surface area contributed by atoms with Gasteiger partial charge in [-0.15, -0.1) is 0 Å². The third-order valence-corrected chi connectivity index (χ3v) is 6.34. The minimum atomic E-state index is -1.53. The highest BCUT2D eigenvalue weighted by Crippen LogP contribution is 2.29. The number of carbonyl (C=O) groups excluding carboxylic acids is 5. The molecule has 2 bridgehead atoms. The summed E-state index contributed by atoms with van der Waals surface area (Å²) in [5.41, 5.74) is -1.50. The fourth-order valence-electron chi connectivity index (χ4n) is 3.99. The van der Waals surface area contributed by atoms with Crippen LogP contribution in [-0.2, 0) is 28.7 Å². The first-order chi connectivity index (χ1) is 16.3. The van der Waals surface area contributed by atoms with Crippen molar-refractivity contribution in [2.24, 2.45) is 11.8 Å². The molecule has 1 aliphatic heterocycles. The molecule has 2 aliphatic rings. The van der Waals surface area contributed by atoms with Crippen molar-refractivity contribution < 1.29 is 44.2 Å². The van der Waals surface area contributed by atoms with Crippen molar-refractivity contribution in [3.63, 3.8) is 0 Å². The van der Waals surface area contributed by atoms with Gasteiger partial charge in [-0.3, -0.25) is 19.2 Å². The number of allylic oxidation sites excluding steroid dienone is 1. The van der Waals surface area contributed by atoms with Gasteiger partial charge in [0.25, 0.3) is 5.91 Å². The largest absolute Gasteiger partial charge is 0.548 e. The molecule has 1 heterocycles. The molecule has 3 amide bonds. The Morgan fingerprint density at radius 1 is 1.26 bits per heavy atom. The lowest BCUT2D eigenvalue weighted by atomic mass is 9.89. The number of carbonyl (C=O) groups is 5. The monoisotopic (exact) mass is 494 g/mol. The van der Waals surface area contributed by atoms with Gasteiger partial charge in [-0.05, 0) is 31.4 Å². The number of hydrogen-bond donors (Lipinski definition) is 5. The van der Waals surface area contributed by atoms with E-state index in [1.165, 1.54) is 30.5 Å². The van der Waals surface area contributed by atoms with Crippen molar-refractivity contribution in [3.8, 4) is 0 Å². The van der Waals surface area contributed by atoms with Crippen LogP contribution in [0.15, 0.2) is 24.0 Å². The van der Waals surface area contributed by atoms with Gasteiger partial charge in [0, 0.05) is 5.92 Å². The molecular weight excluding hydrogens is 460 g/mol. The van der Waals surface area contributed by atoms with E-state index in [-0.39, 0.29) is 12.2 Å². The number of quaternary nitrogens is 1. The minimum Gasteiger partial charge on any atom is -0.548 e. The number of amides is 3. The average Bonchev–Trinajstić information content (AvgIpc) is 2.80. The number of nitrogens with one attached hydrogen (secondary N) is 3. The molecule has 6 N–H and O–H groups in total. The number of ether oxygens (including phenoxy) is 1. The topological polar surface area (TPSA) is 191 Å². The molecule has 0 spiro atoms. The standard InChI is InChI=1S/C23H34N4O8/c1-6-23(4)19(22(34)25-10-15(29)30)27-20(32)16(11(2)3)26-21(33)17(24-5)18(31)12-7-8-13(28)14(9-12)35-23/h7-9,11-12,16-19,24,31H,6,10H2,1-5H3,(H,25,34)(H,26,33)(H,27,32)(H,29,30)/t12?,16-,17-,18+,19+,23+/m0/s1. The molecule has 194 valence electrons. The molecule has 6 atom stereocenters. The number of ketones is 1. The molecule has 0 radical (unpaired) electrons. The van der Waals surface area contributed by atoms with Gasteiger partial charge < -0.3 is 41.0 Å². The Morgan fingerprint density at radius 3 is 2.46 bits per heavy atom. The Bertz CT molecular complexity index is 930. The molecule has 12 heteroatoms. The number of fused-ring (bicyclic) bond motifs is 1. The maximum atomic E-state index is 13.3. The fourth-order valence-corrected chi connectivity index (χ4v) is 3.99. The summed E-state index contributed by atoms with van der Waals surface area (Å²) in [4.78, 5) is 62.8. The molecule has 0 fully saturated rings. The minimum absolute atomic E-state index is 0.127. The predicted octanol–water partition coefficient (Wildman–Crippen LogP) is -3.76. The number of carboxylic acid groups (broad SMARTS) is 1. The van der Waals surface area contributed by atoms with Crippen LogP contribution >= 0.6 is 0 Å². The summed E-state index contributed by atoms with van der Waals surface area (Å²) in [5.74, 6) is -5.57. The lowest BCUT2D eigenvalue weighted by Gasteiger charge is -2.38. The predicted molar refractivity (Wildman–Crippen MR) is 120 cm³/mol. The summed E-state index contributed by atoms with van der Waals surface area (Å²) in [6, 6.07) is -3.52. The summed E-state index contributed by atoms with van der Waals surface area (Å²) >= 11 is 0. The number of hydrogen-bond acceptors (Lipinski definition) is 8. The van der Waals surface area contributed by atoms with Crippen LogP contribution in [0.1, 0.15) is 34.1 Å². The van der Waals surface area contributed by atoms with Crippen LogP contribution < -0.4 is 26.4 Å². The van der Waals surface area contributed by atoms with E-state index >= 15 is 0 Å². The van der Waals surface area contributed by atoms with E-state index in [0.29, 0.717) is 0 Å². The second kappa shape index (κ2) is 11.5. The van der Waals surface area contributed by atoms with E-state index in [9.17, 15) is 34.2 Å². The van der Waals surface area contributed by atoms with Crippen molar-refractivity contribution >= 4 is 29.5 Å². The lowest BCUT2D eigenvalue weighted by Crippen LogP contribution is -2.92. The molecule has 0 saturated heterocycles. The number of aliphatic hydroxyl groups excluding tert-OH is 1. The van der Waals surface area contributed by atoms with Crippen LogP contribution in [0.3, 0.4) is 0 Å². The van der Waals surface area contributed by atoms with Gasteiger partial charge in [0.1, 0.15) is 23.8 Å². The number of likely N-dealkylation sites (N-methyl/N-ethyl adjacent to an activating group) is 1. The van der Waals surface area contributed by atoms with Gasteiger partial charge in [-0.2, -0.15) is 0 Å². The van der Waals surface area contributed by atoms with Crippen molar-refractivity contribution in [2.45, 2.75) is 63.9 Å². The number of nitrogens with two attached hydrogens (primary N) is 1. The molecule has 1 aliphatic carbocycles. The van der Waals surface area contributed by atoms with Gasteiger partial charge in [0.15, 0.2) is 11.8 Å². The van der Waals surface area contributed by atoms with Crippen LogP contribution in [0, 0.1) is 11.8 Å². The van der Waals surface area contributed by atoms with E-state index in [2.05, 4.69) is 16.0 Å². The Morgan fingerprint density at radius 2 is 1.91 bits per heavy atom. The van der Waals surface area contributed by atoms with E-state index in [4.69, 9.17) is 4.74 Å². The molecule has 2 rings (SSSR count). The third-order valence-electron chi connectivity index (χ3n) is 6.34. The second-order valence-corrected chi connectivity index (χ2v) is 9.21. The quantitative estimate of drug-likeness (QED) is 0.249. The Hall–Kier alpha value is -3.25. The van der Waals surface area contributed by atoms with Crippen molar-refractivity contribution in [1.29, 1.82) is 0 Å². The number of carboxylic acids is 1. The molecular formula is C23H34N4O8. The summed E-state index contributed by atoms with van der Waals surface area (Å²) < 4.78 is 6.01. The van der Waals surface area contributed by atoms with Crippen LogP contribution in [0.25, 0.3) is 0 Å². The highest BCUT2D eigenvalue weighted by Gasteiger charge is 2.45. The van der Waals surface area contributed by atoms with Crippen molar-refractivity contribution in [2.75, 3.05) is 13.6 Å². The van der Waals surface area contributed by atoms with E-state index in [1.54, 1.807) is 27.8 Å². The molecule has 0 saturated carbocycles. The number of aliphatic carboxylic acids is 1. The first-order valence-corrected chi connectivity index (χ1v) is 11.5. The molecule has 0 aromatic heterocycles. The normalized spacial score (nSPS) is 31.7. The highest BCUT2D eigenvalue weighted by atomic mass is 16.5. The number of aliphatic hydroxyl groups is 1. The molecule has 1 unspecified atom stereocenters. The third kappa shape index (κ3) is 6.45. The van der Waals surface area contributed by atoms with Gasteiger partial charge in [-0.1, -0.05) is 26.8 Å². The first kappa shape index (κ1) is 28.0. The van der Waals surface area contributed by atoms with E-state index < -0.39 is 77.7 Å². The summed E-state index contributed by atoms with van der Waals surface area (Å²) in [5, 5.41) is 30.7. The van der Waals surface area contributed by atoms with Gasteiger partial charge in [0.05, 0.1) is 19.6 Å². The SMILES string of the molecule is CC[C@@]1(C)OC2=CC(C=CC2=O)[C@@H](O)[C@H]([NH2+]C)C(=O)N[C@@H](C(C)C)C(=O)N[C@@H]1C(=O)NCC(=O)[O-]. The van der Waals surface area contributed by atoms with Gasteiger partial charge >= 0.3 is 0 Å². The van der Waals surface area contributed by atoms with Crippen molar-refractivity contribution in [3.05, 3.63) is 24.0 Å². The molecule has 0 aromatic rings. The van der Waals surface area contributed by atoms with Crippen LogP contribution in [-0.4, -0.2) is 78.0 Å². The Balaban J connectivity index is 2.62. The summed E-state index contributed by atoms with van der Waals surface area (Å²) in [6.45, 7) is 5.76. The zero-order valence-electron chi connectivity index (χ0n) is 20.5. The first-order valence-electron chi connectivity index (χ1n) is 11.5.